The van der Waals surface area contributed by atoms with Crippen LogP contribution in [-0.4, -0.2) is 5.91 Å². The van der Waals surface area contributed by atoms with Crippen molar-refractivity contribution in [2.45, 2.75) is 33.9 Å². The van der Waals surface area contributed by atoms with Gasteiger partial charge in [0.2, 0.25) is 5.91 Å². The molecule has 0 unspecified atom stereocenters. The van der Waals surface area contributed by atoms with E-state index in [1.165, 1.54) is 11.1 Å². The fourth-order valence-electron chi connectivity index (χ4n) is 3.89. The van der Waals surface area contributed by atoms with Crippen LogP contribution in [0.1, 0.15) is 34.9 Å². The summed E-state index contributed by atoms with van der Waals surface area (Å²) in [5.41, 5.74) is 8.55. The molecule has 0 bridgehead atoms. The van der Waals surface area contributed by atoms with Gasteiger partial charge in [-0.25, -0.2) is 0 Å². The number of carbonyl (C=O) groups is 1. The van der Waals surface area contributed by atoms with E-state index in [4.69, 9.17) is 4.42 Å². The zero-order chi connectivity index (χ0) is 23.9. The first-order chi connectivity index (χ1) is 16.5. The van der Waals surface area contributed by atoms with Gasteiger partial charge in [-0.2, -0.15) is 0 Å². The fraction of sp³-hybridized carbons (Fsp3) is 0.167. The Hall–Kier alpha value is -4.05. The van der Waals surface area contributed by atoms with E-state index < -0.39 is 0 Å². The van der Waals surface area contributed by atoms with Crippen molar-refractivity contribution >= 4 is 17.7 Å². The van der Waals surface area contributed by atoms with E-state index in [0.717, 1.165) is 33.7 Å². The van der Waals surface area contributed by atoms with E-state index >= 15 is 0 Å². The minimum absolute atomic E-state index is 0.0531. The molecule has 4 rings (SSSR count). The SMILES string of the molecule is CC(=Cc1cc(C)c(-c2ccc(NCc3ccco3)cc2)cc1C)C(=O)NCc1ccccc1. The van der Waals surface area contributed by atoms with Crippen LogP contribution in [0.2, 0.25) is 0 Å². The van der Waals surface area contributed by atoms with Crippen LogP contribution in [0.4, 0.5) is 5.69 Å². The van der Waals surface area contributed by atoms with Gasteiger partial charge in [-0.15, -0.1) is 0 Å². The molecule has 0 saturated heterocycles. The lowest BCUT2D eigenvalue weighted by atomic mass is 9.94. The smallest absolute Gasteiger partial charge is 0.247 e. The number of benzene rings is 3. The molecule has 4 heteroatoms. The summed E-state index contributed by atoms with van der Waals surface area (Å²) in [5.74, 6) is 0.853. The van der Waals surface area contributed by atoms with Crippen LogP contribution < -0.4 is 10.6 Å². The molecule has 34 heavy (non-hydrogen) atoms. The molecule has 0 spiro atoms. The van der Waals surface area contributed by atoms with Crippen molar-refractivity contribution in [1.29, 1.82) is 0 Å². The minimum atomic E-state index is -0.0531. The number of aryl methyl sites for hydroxylation is 2. The van der Waals surface area contributed by atoms with Gasteiger partial charge in [0, 0.05) is 17.8 Å². The van der Waals surface area contributed by atoms with Crippen molar-refractivity contribution in [1.82, 2.24) is 5.32 Å². The number of rotatable bonds is 8. The number of anilines is 1. The highest BCUT2D eigenvalue weighted by molar-refractivity contribution is 5.97. The number of hydrogen-bond donors (Lipinski definition) is 2. The molecule has 0 radical (unpaired) electrons. The van der Waals surface area contributed by atoms with E-state index in [-0.39, 0.29) is 5.91 Å². The molecule has 1 aromatic heterocycles. The van der Waals surface area contributed by atoms with Crippen molar-refractivity contribution in [3.05, 3.63) is 119 Å². The molecule has 3 aromatic carbocycles. The van der Waals surface area contributed by atoms with Crippen molar-refractivity contribution in [2.24, 2.45) is 0 Å². The molecule has 2 N–H and O–H groups in total. The predicted molar refractivity (Wildman–Crippen MR) is 139 cm³/mol. The molecule has 0 fully saturated rings. The number of amides is 1. The topological polar surface area (TPSA) is 54.3 Å². The lowest BCUT2D eigenvalue weighted by Gasteiger charge is -2.13. The van der Waals surface area contributed by atoms with Gasteiger partial charge in [0.05, 0.1) is 12.8 Å². The fourth-order valence-corrected chi connectivity index (χ4v) is 3.89. The van der Waals surface area contributed by atoms with Gasteiger partial charge in [0.15, 0.2) is 0 Å². The summed E-state index contributed by atoms with van der Waals surface area (Å²) in [4.78, 5) is 12.6. The Kier molecular flexibility index (Phi) is 7.28. The van der Waals surface area contributed by atoms with E-state index in [0.29, 0.717) is 18.7 Å². The first kappa shape index (κ1) is 23.1. The standard InChI is InChI=1S/C30H30N2O2/c1-21-18-29(25-11-13-27(14-12-25)31-20-28-10-7-15-34-28)22(2)16-26(21)17-23(3)30(33)32-19-24-8-5-4-6-9-24/h4-18,31H,19-20H2,1-3H3,(H,32,33). The predicted octanol–water partition coefficient (Wildman–Crippen LogP) is 6.90. The maximum Gasteiger partial charge on any atom is 0.247 e. The summed E-state index contributed by atoms with van der Waals surface area (Å²) in [6, 6.07) is 26.6. The van der Waals surface area contributed by atoms with Crippen LogP contribution >= 0.6 is 0 Å². The van der Waals surface area contributed by atoms with E-state index in [1.54, 1.807) is 6.26 Å². The summed E-state index contributed by atoms with van der Waals surface area (Å²) in [5, 5.41) is 6.37. The Morgan fingerprint density at radius 1 is 0.882 bits per heavy atom. The Morgan fingerprint density at radius 2 is 1.65 bits per heavy atom. The molecule has 4 aromatic rings. The van der Waals surface area contributed by atoms with Crippen LogP contribution in [0.5, 0.6) is 0 Å². The average molecular weight is 451 g/mol. The summed E-state index contributed by atoms with van der Waals surface area (Å²) in [7, 11) is 0. The second kappa shape index (κ2) is 10.7. The van der Waals surface area contributed by atoms with Crippen molar-refractivity contribution in [2.75, 3.05) is 5.32 Å². The van der Waals surface area contributed by atoms with Gasteiger partial charge < -0.3 is 15.1 Å². The average Bonchev–Trinajstić information content (AvgIpc) is 3.38. The lowest BCUT2D eigenvalue weighted by molar-refractivity contribution is -0.117. The number of carbonyl (C=O) groups excluding carboxylic acids is 1. The second-order valence-electron chi connectivity index (χ2n) is 8.53. The summed E-state index contributed by atoms with van der Waals surface area (Å²) < 4.78 is 5.37. The van der Waals surface area contributed by atoms with E-state index in [2.05, 4.69) is 60.9 Å². The Balaban J connectivity index is 1.44. The van der Waals surface area contributed by atoms with Gasteiger partial charge in [0.1, 0.15) is 5.76 Å². The van der Waals surface area contributed by atoms with Crippen LogP contribution in [-0.2, 0) is 17.9 Å². The number of furan rings is 1. The maximum absolute atomic E-state index is 12.6. The van der Waals surface area contributed by atoms with Crippen LogP contribution in [0.3, 0.4) is 0 Å². The van der Waals surface area contributed by atoms with Gasteiger partial charge in [-0.1, -0.05) is 54.6 Å². The maximum atomic E-state index is 12.6. The molecule has 0 aliphatic carbocycles. The van der Waals surface area contributed by atoms with Crippen molar-refractivity contribution < 1.29 is 9.21 Å². The second-order valence-corrected chi connectivity index (χ2v) is 8.53. The first-order valence-corrected chi connectivity index (χ1v) is 11.5. The molecule has 1 heterocycles. The highest BCUT2D eigenvalue weighted by Gasteiger charge is 2.09. The van der Waals surface area contributed by atoms with Gasteiger partial charge in [0.25, 0.3) is 0 Å². The highest BCUT2D eigenvalue weighted by atomic mass is 16.3. The molecule has 1 amide bonds. The molecule has 172 valence electrons. The Labute approximate surface area is 201 Å². The number of hydrogen-bond acceptors (Lipinski definition) is 3. The third kappa shape index (κ3) is 5.84. The van der Waals surface area contributed by atoms with Gasteiger partial charge >= 0.3 is 0 Å². The highest BCUT2D eigenvalue weighted by Crippen LogP contribution is 2.29. The zero-order valence-corrected chi connectivity index (χ0v) is 19.9. The minimum Gasteiger partial charge on any atom is -0.467 e. The number of nitrogens with one attached hydrogen (secondary N) is 2. The van der Waals surface area contributed by atoms with Gasteiger partial charge in [-0.3, -0.25) is 4.79 Å². The van der Waals surface area contributed by atoms with Gasteiger partial charge in [-0.05, 0) is 84.5 Å². The molecule has 0 aliphatic heterocycles. The van der Waals surface area contributed by atoms with Crippen molar-refractivity contribution in [3.63, 3.8) is 0 Å². The molecule has 0 atom stereocenters. The third-order valence-corrected chi connectivity index (χ3v) is 5.88. The summed E-state index contributed by atoms with van der Waals surface area (Å²) >= 11 is 0. The van der Waals surface area contributed by atoms with E-state index in [1.807, 2.05) is 55.5 Å². The quantitative estimate of drug-likeness (QED) is 0.287. The molecular formula is C30H30N2O2. The third-order valence-electron chi connectivity index (χ3n) is 5.88. The lowest BCUT2D eigenvalue weighted by Crippen LogP contribution is -2.23. The molecular weight excluding hydrogens is 420 g/mol. The monoisotopic (exact) mass is 450 g/mol. The summed E-state index contributed by atoms with van der Waals surface area (Å²) in [6.45, 7) is 7.23. The van der Waals surface area contributed by atoms with E-state index in [9.17, 15) is 4.79 Å². The molecule has 4 nitrogen and oxygen atoms in total. The van der Waals surface area contributed by atoms with Crippen molar-refractivity contribution in [3.8, 4) is 11.1 Å². The van der Waals surface area contributed by atoms with Crippen LogP contribution in [0.25, 0.3) is 17.2 Å². The first-order valence-electron chi connectivity index (χ1n) is 11.5. The normalized spacial score (nSPS) is 11.3. The summed E-state index contributed by atoms with van der Waals surface area (Å²) in [6.07, 6.45) is 3.65. The molecule has 0 aliphatic rings. The Bertz CT molecular complexity index is 1270. The van der Waals surface area contributed by atoms with Crippen LogP contribution in [0.15, 0.2) is 95.1 Å². The largest absolute Gasteiger partial charge is 0.467 e. The Morgan fingerprint density at radius 3 is 2.35 bits per heavy atom. The van der Waals surface area contributed by atoms with Crippen LogP contribution in [0, 0.1) is 13.8 Å². The zero-order valence-electron chi connectivity index (χ0n) is 19.9. The molecule has 0 saturated carbocycles.